The zero-order valence-corrected chi connectivity index (χ0v) is 25.2. The molecule has 0 radical (unpaired) electrons. The van der Waals surface area contributed by atoms with Gasteiger partial charge in [-0.25, -0.2) is 9.07 Å². The van der Waals surface area contributed by atoms with Gasteiger partial charge >= 0.3 is 0 Å². The number of rotatable bonds is 7. The van der Waals surface area contributed by atoms with Crippen LogP contribution < -0.4 is 4.90 Å². The van der Waals surface area contributed by atoms with Crippen molar-refractivity contribution in [3.05, 3.63) is 113 Å². The predicted molar refractivity (Wildman–Crippen MR) is 168 cm³/mol. The average molecular weight is 578 g/mol. The number of ketones is 1. The Morgan fingerprint density at radius 1 is 0.975 bits per heavy atom. The first-order chi connectivity index (χ1) is 18.3. The van der Waals surface area contributed by atoms with E-state index < -0.39 is 11.8 Å². The van der Waals surface area contributed by atoms with E-state index >= 15 is 0 Å². The molecule has 0 N–H and O–H groups in total. The van der Waals surface area contributed by atoms with E-state index in [1.54, 1.807) is 17.0 Å². The van der Waals surface area contributed by atoms with Crippen molar-refractivity contribution in [3.63, 3.8) is 0 Å². The molecule has 4 aromatic rings. The highest BCUT2D eigenvalue weighted by molar-refractivity contribution is 7.59. The number of Topliss-reactive ketones (excluding diaryl/α,β-unsaturated/α-hetero) is 1. The fourth-order valence-electron chi connectivity index (χ4n) is 5.52. The number of carbonyl (C=O) groups is 2. The van der Waals surface area contributed by atoms with E-state index in [1.807, 2.05) is 73.1 Å². The van der Waals surface area contributed by atoms with E-state index in [9.17, 15) is 14.0 Å². The summed E-state index contributed by atoms with van der Waals surface area (Å²) < 4.78 is 15.7. The molecule has 0 spiro atoms. The molecule has 3 aromatic carbocycles. The van der Waals surface area contributed by atoms with Crippen LogP contribution in [-0.2, 0) is 4.79 Å². The molecule has 8 heteroatoms. The van der Waals surface area contributed by atoms with Gasteiger partial charge in [0.25, 0.3) is 0 Å². The lowest BCUT2D eigenvalue weighted by Gasteiger charge is -2.38. The van der Waals surface area contributed by atoms with Crippen LogP contribution in [0.1, 0.15) is 71.8 Å². The quantitative estimate of drug-likeness (QED) is 0.221. The largest absolute Gasteiger partial charge is 0.296 e. The van der Waals surface area contributed by atoms with E-state index in [-0.39, 0.29) is 56.8 Å². The standard InChI is InChI=1S/C32H32FN3O2.2H2S/c1-5-35-31-29(21(4)34-36(31)26-12-7-6-8-13-26)30(22-14-16-25(33)17-15-22)27(32(35)38)19-28(37)24-11-9-10-23(18-24)20(2)3;;/h6-18,20,27,30H,5,19H2,1-4H3;2*1H2/t27-,30+;;/m0../s1. The number of aryl methyl sites for hydroxylation is 1. The highest BCUT2D eigenvalue weighted by Crippen LogP contribution is 2.47. The first-order valence-electron chi connectivity index (χ1n) is 13.1. The topological polar surface area (TPSA) is 55.2 Å². The van der Waals surface area contributed by atoms with Crippen LogP contribution in [0.25, 0.3) is 5.69 Å². The van der Waals surface area contributed by atoms with Crippen LogP contribution in [0.3, 0.4) is 0 Å². The summed E-state index contributed by atoms with van der Waals surface area (Å²) in [6, 6.07) is 23.6. The summed E-state index contributed by atoms with van der Waals surface area (Å²) >= 11 is 0. The minimum absolute atomic E-state index is 0. The van der Waals surface area contributed by atoms with Crippen LogP contribution >= 0.6 is 27.0 Å². The van der Waals surface area contributed by atoms with Gasteiger partial charge in [0.15, 0.2) is 5.78 Å². The molecule has 1 aliphatic heterocycles. The molecule has 0 aliphatic carbocycles. The Labute approximate surface area is 249 Å². The zero-order chi connectivity index (χ0) is 27.0. The summed E-state index contributed by atoms with van der Waals surface area (Å²) in [5.74, 6) is -0.631. The lowest BCUT2D eigenvalue weighted by molar-refractivity contribution is -0.123. The summed E-state index contributed by atoms with van der Waals surface area (Å²) in [6.07, 6.45) is 0.0499. The number of aromatic nitrogens is 2. The Hall–Kier alpha value is -3.36. The minimum atomic E-state index is -0.643. The smallest absolute Gasteiger partial charge is 0.232 e. The average Bonchev–Trinajstić information content (AvgIpc) is 3.26. The number of hydrogen-bond acceptors (Lipinski definition) is 3. The maximum absolute atomic E-state index is 14.2. The molecule has 1 amide bonds. The molecule has 0 fully saturated rings. The Bertz CT molecular complexity index is 1490. The summed E-state index contributed by atoms with van der Waals surface area (Å²) in [7, 11) is 0. The number of para-hydroxylation sites is 1. The molecular formula is C32H36FN3O2S2. The second-order valence-corrected chi connectivity index (χ2v) is 10.2. The number of anilines is 1. The molecule has 1 aliphatic rings. The summed E-state index contributed by atoms with van der Waals surface area (Å²) in [5.41, 5.74) is 5.01. The molecule has 5 rings (SSSR count). The van der Waals surface area contributed by atoms with Crippen molar-refractivity contribution in [2.24, 2.45) is 5.92 Å². The molecule has 0 saturated carbocycles. The van der Waals surface area contributed by atoms with Crippen molar-refractivity contribution in [3.8, 4) is 5.69 Å². The number of nitrogens with zero attached hydrogens (tertiary/aromatic N) is 3. The van der Waals surface area contributed by atoms with E-state index in [0.717, 1.165) is 28.1 Å². The van der Waals surface area contributed by atoms with Crippen molar-refractivity contribution in [1.29, 1.82) is 0 Å². The van der Waals surface area contributed by atoms with Crippen molar-refractivity contribution in [2.75, 3.05) is 11.4 Å². The molecule has 0 unspecified atom stereocenters. The van der Waals surface area contributed by atoms with Gasteiger partial charge in [0.05, 0.1) is 17.3 Å². The van der Waals surface area contributed by atoms with E-state index in [4.69, 9.17) is 5.10 Å². The fourth-order valence-corrected chi connectivity index (χ4v) is 5.52. The molecule has 2 atom stereocenters. The lowest BCUT2D eigenvalue weighted by atomic mass is 9.74. The number of hydrogen-bond donors (Lipinski definition) is 0. The van der Waals surface area contributed by atoms with Gasteiger partial charge in [0.2, 0.25) is 5.91 Å². The molecule has 1 aromatic heterocycles. The lowest BCUT2D eigenvalue weighted by Crippen LogP contribution is -2.45. The Balaban J connectivity index is 0.00000220. The van der Waals surface area contributed by atoms with Crippen LogP contribution in [0.5, 0.6) is 0 Å². The third kappa shape index (κ3) is 5.74. The SMILES string of the molecule is CCN1C(=O)[C@@H](CC(=O)c2cccc(C(C)C)c2)[C@@H](c2ccc(F)cc2)c2c(C)nn(-c3ccccc3)c21.S.S. The van der Waals surface area contributed by atoms with Gasteiger partial charge in [-0.15, -0.1) is 0 Å². The highest BCUT2D eigenvalue weighted by atomic mass is 32.1. The Morgan fingerprint density at radius 2 is 1.65 bits per heavy atom. The van der Waals surface area contributed by atoms with E-state index in [0.29, 0.717) is 17.9 Å². The maximum atomic E-state index is 14.2. The molecule has 0 saturated heterocycles. The van der Waals surface area contributed by atoms with Gasteiger partial charge in [-0.1, -0.05) is 62.4 Å². The van der Waals surface area contributed by atoms with Crippen molar-refractivity contribution >= 4 is 44.5 Å². The van der Waals surface area contributed by atoms with E-state index in [2.05, 4.69) is 13.8 Å². The highest BCUT2D eigenvalue weighted by Gasteiger charge is 2.45. The molecule has 0 bridgehead atoms. The molecular weight excluding hydrogens is 542 g/mol. The molecule has 210 valence electrons. The van der Waals surface area contributed by atoms with Crippen LogP contribution in [0.15, 0.2) is 78.9 Å². The monoisotopic (exact) mass is 577 g/mol. The van der Waals surface area contributed by atoms with Crippen LogP contribution in [-0.4, -0.2) is 28.0 Å². The first kappa shape index (κ1) is 31.2. The number of halogens is 1. The second kappa shape index (κ2) is 12.9. The normalized spacial score (nSPS) is 16.2. The van der Waals surface area contributed by atoms with Crippen molar-refractivity contribution in [2.45, 2.75) is 46.0 Å². The van der Waals surface area contributed by atoms with Gasteiger partial charge in [0, 0.05) is 30.0 Å². The third-order valence-corrected chi connectivity index (χ3v) is 7.46. The Kier molecular flexibility index (Phi) is 10.0. The van der Waals surface area contributed by atoms with Crippen LogP contribution in [0, 0.1) is 18.7 Å². The number of amides is 1. The molecule has 5 nitrogen and oxygen atoms in total. The summed E-state index contributed by atoms with van der Waals surface area (Å²) in [5, 5.41) is 4.85. The van der Waals surface area contributed by atoms with Gasteiger partial charge in [0.1, 0.15) is 11.6 Å². The Morgan fingerprint density at radius 3 is 2.27 bits per heavy atom. The van der Waals surface area contributed by atoms with Crippen molar-refractivity contribution in [1.82, 2.24) is 9.78 Å². The first-order valence-corrected chi connectivity index (χ1v) is 13.1. The van der Waals surface area contributed by atoms with Gasteiger partial charge in [-0.05, 0) is 61.2 Å². The third-order valence-electron chi connectivity index (χ3n) is 7.46. The zero-order valence-electron chi connectivity index (χ0n) is 23.2. The fraction of sp³-hybridized carbons (Fsp3) is 0.281. The summed E-state index contributed by atoms with van der Waals surface area (Å²) in [6.45, 7) is 8.48. The minimum Gasteiger partial charge on any atom is -0.296 e. The molecule has 40 heavy (non-hydrogen) atoms. The number of fused-ring (bicyclic) bond motifs is 1. The number of benzene rings is 3. The molecule has 2 heterocycles. The second-order valence-electron chi connectivity index (χ2n) is 10.2. The van der Waals surface area contributed by atoms with Gasteiger partial charge in [-0.2, -0.15) is 32.1 Å². The van der Waals surface area contributed by atoms with Crippen LogP contribution in [0.2, 0.25) is 0 Å². The van der Waals surface area contributed by atoms with E-state index in [1.165, 1.54) is 12.1 Å². The van der Waals surface area contributed by atoms with Gasteiger partial charge in [-0.3, -0.25) is 14.5 Å². The van der Waals surface area contributed by atoms with Crippen molar-refractivity contribution < 1.29 is 14.0 Å². The predicted octanol–water partition coefficient (Wildman–Crippen LogP) is 7.06. The maximum Gasteiger partial charge on any atom is 0.232 e. The van der Waals surface area contributed by atoms with Crippen LogP contribution in [0.4, 0.5) is 10.2 Å². The van der Waals surface area contributed by atoms with Gasteiger partial charge < -0.3 is 0 Å². The number of carbonyl (C=O) groups excluding carboxylic acids is 2. The summed E-state index contributed by atoms with van der Waals surface area (Å²) in [4.78, 5) is 29.5.